The Morgan fingerprint density at radius 2 is 2.62 bits per heavy atom. The highest BCUT2D eigenvalue weighted by atomic mass is 79.9. The summed E-state index contributed by atoms with van der Waals surface area (Å²) in [4.78, 5) is 15.5. The molecular formula is C7H5BrN2O2S. The molecule has 0 aliphatic heterocycles. The molecule has 0 radical (unpaired) electrons. The highest BCUT2D eigenvalue weighted by Gasteiger charge is 2.16. The number of ether oxygens (including phenoxy) is 1. The Hall–Kier alpha value is -0.930. The van der Waals surface area contributed by atoms with Gasteiger partial charge in [-0.1, -0.05) is 0 Å². The van der Waals surface area contributed by atoms with Gasteiger partial charge in [0.1, 0.15) is 15.5 Å². The van der Waals surface area contributed by atoms with Gasteiger partial charge in [-0.05, 0) is 22.9 Å². The van der Waals surface area contributed by atoms with Crippen molar-refractivity contribution in [2.24, 2.45) is 0 Å². The van der Waals surface area contributed by atoms with Crippen LogP contribution in [0.5, 0.6) is 0 Å². The molecule has 1 heterocycles. The fraction of sp³-hybridized carbons (Fsp3) is 0.286. The zero-order chi connectivity index (χ0) is 9.84. The number of halogens is 1. The third kappa shape index (κ3) is 2.50. The lowest BCUT2D eigenvalue weighted by Crippen LogP contribution is -2.12. The zero-order valence-electron chi connectivity index (χ0n) is 6.65. The Morgan fingerprint density at radius 1 is 1.92 bits per heavy atom. The number of aromatic nitrogens is 1. The van der Waals surface area contributed by atoms with Gasteiger partial charge in [0.05, 0.1) is 5.51 Å². The Balaban J connectivity index is 2.71. The molecular weight excluding hydrogens is 256 g/mol. The van der Waals surface area contributed by atoms with Gasteiger partial charge in [-0.15, -0.1) is 11.3 Å². The van der Waals surface area contributed by atoms with E-state index in [0.717, 1.165) is 0 Å². The first-order valence-corrected chi connectivity index (χ1v) is 5.02. The quantitative estimate of drug-likeness (QED) is 0.763. The van der Waals surface area contributed by atoms with E-state index in [1.54, 1.807) is 6.07 Å². The standard InChI is InChI=1S/C7H5BrN2O2S/c1-4(2-9)12-7(11)5-6(8)10-3-13-5/h3-4H,1H3. The molecule has 0 spiro atoms. The predicted octanol–water partition coefficient (Wildman–Crippen LogP) is 1.97. The molecule has 6 heteroatoms. The first-order valence-electron chi connectivity index (χ1n) is 3.34. The van der Waals surface area contributed by atoms with Gasteiger partial charge in [-0.25, -0.2) is 9.78 Å². The Bertz CT molecular complexity index is 358. The number of nitriles is 1. The van der Waals surface area contributed by atoms with Crippen molar-refractivity contribution in [3.63, 3.8) is 0 Å². The molecule has 1 aromatic heterocycles. The van der Waals surface area contributed by atoms with E-state index in [4.69, 9.17) is 10.00 Å². The van der Waals surface area contributed by atoms with Crippen LogP contribution in [0, 0.1) is 11.3 Å². The van der Waals surface area contributed by atoms with Crippen LogP contribution in [-0.4, -0.2) is 17.1 Å². The lowest BCUT2D eigenvalue weighted by Gasteiger charge is -2.03. The summed E-state index contributed by atoms with van der Waals surface area (Å²) in [5, 5.41) is 8.40. The summed E-state index contributed by atoms with van der Waals surface area (Å²) in [6, 6.07) is 1.80. The molecule has 0 saturated carbocycles. The SMILES string of the molecule is CC(C#N)OC(=O)c1scnc1Br. The minimum Gasteiger partial charge on any atom is -0.443 e. The number of thiazole rings is 1. The normalized spacial score (nSPS) is 11.8. The minimum absolute atomic E-state index is 0.377. The average molecular weight is 261 g/mol. The van der Waals surface area contributed by atoms with Crippen molar-refractivity contribution in [1.29, 1.82) is 5.26 Å². The largest absolute Gasteiger partial charge is 0.443 e. The van der Waals surface area contributed by atoms with Crippen LogP contribution in [0.1, 0.15) is 16.6 Å². The average Bonchev–Trinajstić information content (AvgIpc) is 2.51. The summed E-state index contributed by atoms with van der Waals surface area (Å²) in [7, 11) is 0. The number of carbonyl (C=O) groups excluding carboxylic acids is 1. The number of hydrogen-bond donors (Lipinski definition) is 0. The van der Waals surface area contributed by atoms with Gasteiger partial charge in [0, 0.05) is 0 Å². The summed E-state index contributed by atoms with van der Waals surface area (Å²) in [6.45, 7) is 1.51. The summed E-state index contributed by atoms with van der Waals surface area (Å²) in [6.07, 6.45) is -0.735. The first-order chi connectivity index (χ1) is 6.15. The van der Waals surface area contributed by atoms with Gasteiger partial charge < -0.3 is 4.74 Å². The smallest absolute Gasteiger partial charge is 0.352 e. The Kier molecular flexibility index (Phi) is 3.39. The second kappa shape index (κ2) is 4.35. The number of rotatable bonds is 2. The zero-order valence-corrected chi connectivity index (χ0v) is 9.05. The predicted molar refractivity (Wildman–Crippen MR) is 50.3 cm³/mol. The molecule has 0 N–H and O–H groups in total. The van der Waals surface area contributed by atoms with E-state index in [1.165, 1.54) is 23.8 Å². The first kappa shape index (κ1) is 10.2. The molecule has 1 atom stereocenters. The van der Waals surface area contributed by atoms with E-state index < -0.39 is 12.1 Å². The molecule has 1 aromatic rings. The monoisotopic (exact) mass is 260 g/mol. The lowest BCUT2D eigenvalue weighted by molar-refractivity contribution is 0.0440. The highest BCUT2D eigenvalue weighted by molar-refractivity contribution is 9.10. The van der Waals surface area contributed by atoms with Crippen molar-refractivity contribution in [2.75, 3.05) is 0 Å². The summed E-state index contributed by atoms with van der Waals surface area (Å²) in [5.41, 5.74) is 1.53. The van der Waals surface area contributed by atoms with Crippen LogP contribution in [0.25, 0.3) is 0 Å². The maximum atomic E-state index is 11.3. The van der Waals surface area contributed by atoms with E-state index in [9.17, 15) is 4.79 Å². The second-order valence-corrected chi connectivity index (χ2v) is 3.75. The Morgan fingerprint density at radius 3 is 3.08 bits per heavy atom. The fourth-order valence-electron chi connectivity index (χ4n) is 0.605. The molecule has 0 saturated heterocycles. The van der Waals surface area contributed by atoms with Crippen LogP contribution in [0.3, 0.4) is 0 Å². The van der Waals surface area contributed by atoms with E-state index in [-0.39, 0.29) is 0 Å². The van der Waals surface area contributed by atoms with Crippen LogP contribution >= 0.6 is 27.3 Å². The topological polar surface area (TPSA) is 63.0 Å². The van der Waals surface area contributed by atoms with Crippen molar-refractivity contribution < 1.29 is 9.53 Å². The number of carbonyl (C=O) groups is 1. The van der Waals surface area contributed by atoms with Gasteiger partial charge in [0.25, 0.3) is 0 Å². The van der Waals surface area contributed by atoms with Crippen LogP contribution in [0.4, 0.5) is 0 Å². The minimum atomic E-state index is -0.735. The van der Waals surface area contributed by atoms with E-state index in [1.807, 2.05) is 0 Å². The molecule has 0 aliphatic carbocycles. The van der Waals surface area contributed by atoms with E-state index >= 15 is 0 Å². The molecule has 0 aromatic carbocycles. The van der Waals surface area contributed by atoms with Crippen molar-refractivity contribution in [1.82, 2.24) is 4.98 Å². The van der Waals surface area contributed by atoms with Crippen LogP contribution in [-0.2, 0) is 4.74 Å². The molecule has 4 nitrogen and oxygen atoms in total. The maximum absolute atomic E-state index is 11.3. The molecule has 0 amide bonds. The van der Waals surface area contributed by atoms with Gasteiger partial charge in [0.15, 0.2) is 6.10 Å². The van der Waals surface area contributed by atoms with Crippen LogP contribution < -0.4 is 0 Å². The van der Waals surface area contributed by atoms with E-state index in [2.05, 4.69) is 20.9 Å². The van der Waals surface area contributed by atoms with Gasteiger partial charge >= 0.3 is 5.97 Å². The molecule has 1 rings (SSSR count). The third-order valence-corrected chi connectivity index (χ3v) is 2.85. The lowest BCUT2D eigenvalue weighted by atomic mass is 10.4. The highest BCUT2D eigenvalue weighted by Crippen LogP contribution is 2.20. The maximum Gasteiger partial charge on any atom is 0.352 e. The van der Waals surface area contributed by atoms with Gasteiger partial charge in [0.2, 0.25) is 0 Å². The molecule has 0 fully saturated rings. The second-order valence-electron chi connectivity index (χ2n) is 2.15. The summed E-state index contributed by atoms with van der Waals surface area (Å²) >= 11 is 4.26. The van der Waals surface area contributed by atoms with Gasteiger partial charge in [-0.3, -0.25) is 0 Å². The van der Waals surface area contributed by atoms with Crippen molar-refractivity contribution in [3.8, 4) is 6.07 Å². The summed E-state index contributed by atoms with van der Waals surface area (Å²) < 4.78 is 5.22. The van der Waals surface area contributed by atoms with Gasteiger partial charge in [-0.2, -0.15) is 5.26 Å². The number of esters is 1. The van der Waals surface area contributed by atoms with Crippen molar-refractivity contribution in [2.45, 2.75) is 13.0 Å². The molecule has 0 aliphatic rings. The molecule has 0 bridgehead atoms. The molecule has 68 valence electrons. The number of hydrogen-bond acceptors (Lipinski definition) is 5. The molecule has 13 heavy (non-hydrogen) atoms. The Labute approximate surface area is 87.3 Å². The third-order valence-electron chi connectivity index (χ3n) is 1.17. The van der Waals surface area contributed by atoms with E-state index in [0.29, 0.717) is 9.48 Å². The van der Waals surface area contributed by atoms with Crippen molar-refractivity contribution >= 4 is 33.2 Å². The van der Waals surface area contributed by atoms with Crippen LogP contribution in [0.15, 0.2) is 10.1 Å². The molecule has 1 unspecified atom stereocenters. The summed E-state index contributed by atoms with van der Waals surface area (Å²) in [5.74, 6) is -0.525. The van der Waals surface area contributed by atoms with Crippen LogP contribution in [0.2, 0.25) is 0 Å². The van der Waals surface area contributed by atoms with Crippen molar-refractivity contribution in [3.05, 3.63) is 15.0 Å². The fourth-order valence-corrected chi connectivity index (χ4v) is 1.84. The number of nitrogens with zero attached hydrogens (tertiary/aromatic N) is 2.